The quantitative estimate of drug-likeness (QED) is 0.329. The Morgan fingerprint density at radius 1 is 0.973 bits per heavy atom. The molecule has 0 saturated heterocycles. The number of hydrogen-bond acceptors (Lipinski definition) is 4. The average Bonchev–Trinajstić information content (AvgIpc) is 3.29. The molecule has 0 aliphatic carbocycles. The molecule has 5 rings (SSSR count). The van der Waals surface area contributed by atoms with E-state index >= 15 is 0 Å². The van der Waals surface area contributed by atoms with Crippen molar-refractivity contribution in [2.45, 2.75) is 19.1 Å². The molecule has 1 aliphatic heterocycles. The van der Waals surface area contributed by atoms with Gasteiger partial charge in [0.2, 0.25) is 5.91 Å². The molecule has 37 heavy (non-hydrogen) atoms. The van der Waals surface area contributed by atoms with Crippen LogP contribution in [0.25, 0.3) is 23.0 Å². The SMILES string of the molecule is COc1cc2c(cc1OC)CN(C(=O)/C=C/c1c(-c3ccccc3)nc3cccc(C(F)(F)F)n13)CC2. The van der Waals surface area contributed by atoms with Gasteiger partial charge in [-0.3, -0.25) is 9.20 Å². The van der Waals surface area contributed by atoms with E-state index < -0.39 is 11.9 Å². The molecule has 0 saturated carbocycles. The van der Waals surface area contributed by atoms with Gasteiger partial charge in [-0.2, -0.15) is 13.2 Å². The van der Waals surface area contributed by atoms with Crippen LogP contribution in [-0.2, 0) is 23.9 Å². The van der Waals surface area contributed by atoms with Crippen LogP contribution < -0.4 is 9.47 Å². The minimum atomic E-state index is -4.60. The van der Waals surface area contributed by atoms with Crippen LogP contribution >= 0.6 is 0 Å². The molecular formula is C28H24F3N3O3. The van der Waals surface area contributed by atoms with Crippen LogP contribution in [0.1, 0.15) is 22.5 Å². The van der Waals surface area contributed by atoms with Gasteiger partial charge in [-0.15, -0.1) is 0 Å². The van der Waals surface area contributed by atoms with Crippen molar-refractivity contribution >= 4 is 17.6 Å². The van der Waals surface area contributed by atoms with E-state index in [2.05, 4.69) is 4.98 Å². The second kappa shape index (κ2) is 9.65. The van der Waals surface area contributed by atoms with Gasteiger partial charge in [0, 0.05) is 24.7 Å². The molecule has 3 heterocycles. The Balaban J connectivity index is 1.52. The summed E-state index contributed by atoms with van der Waals surface area (Å²) >= 11 is 0. The van der Waals surface area contributed by atoms with Gasteiger partial charge < -0.3 is 14.4 Å². The molecule has 0 atom stereocenters. The molecule has 0 bridgehead atoms. The van der Waals surface area contributed by atoms with E-state index in [1.165, 1.54) is 24.3 Å². The summed E-state index contributed by atoms with van der Waals surface area (Å²) in [5, 5.41) is 0. The van der Waals surface area contributed by atoms with Crippen molar-refractivity contribution < 1.29 is 27.4 Å². The normalized spacial score (nSPS) is 13.7. The Bertz CT molecular complexity index is 1490. The second-order valence-corrected chi connectivity index (χ2v) is 8.63. The number of aromatic nitrogens is 2. The van der Waals surface area contributed by atoms with Crippen molar-refractivity contribution in [3.05, 3.63) is 89.3 Å². The summed E-state index contributed by atoms with van der Waals surface area (Å²) < 4.78 is 53.5. The van der Waals surface area contributed by atoms with Crippen molar-refractivity contribution in [2.24, 2.45) is 0 Å². The number of rotatable bonds is 5. The van der Waals surface area contributed by atoms with Crippen LogP contribution in [0.15, 0.2) is 66.7 Å². The van der Waals surface area contributed by atoms with Gasteiger partial charge >= 0.3 is 6.18 Å². The van der Waals surface area contributed by atoms with E-state index in [0.29, 0.717) is 42.3 Å². The molecule has 2 aromatic heterocycles. The monoisotopic (exact) mass is 507 g/mol. The predicted molar refractivity (Wildman–Crippen MR) is 133 cm³/mol. The zero-order chi connectivity index (χ0) is 26.2. The van der Waals surface area contributed by atoms with Crippen molar-refractivity contribution in [3.63, 3.8) is 0 Å². The Morgan fingerprint density at radius 2 is 1.68 bits per heavy atom. The topological polar surface area (TPSA) is 56.1 Å². The van der Waals surface area contributed by atoms with Gasteiger partial charge in [0.25, 0.3) is 0 Å². The minimum absolute atomic E-state index is 0.147. The third-order valence-electron chi connectivity index (χ3n) is 6.43. The molecule has 2 aromatic carbocycles. The first-order chi connectivity index (χ1) is 17.8. The molecule has 0 fully saturated rings. The van der Waals surface area contributed by atoms with Gasteiger partial charge in [0.05, 0.1) is 25.6 Å². The highest BCUT2D eigenvalue weighted by Crippen LogP contribution is 2.35. The lowest BCUT2D eigenvalue weighted by Crippen LogP contribution is -2.34. The molecule has 4 aromatic rings. The summed E-state index contributed by atoms with van der Waals surface area (Å²) in [5.41, 5.74) is 2.49. The van der Waals surface area contributed by atoms with Crippen molar-refractivity contribution in [1.82, 2.24) is 14.3 Å². The van der Waals surface area contributed by atoms with Gasteiger partial charge in [-0.25, -0.2) is 4.98 Å². The maximum atomic E-state index is 13.9. The molecule has 0 N–H and O–H groups in total. The molecule has 190 valence electrons. The lowest BCUT2D eigenvalue weighted by atomic mass is 9.98. The first-order valence-corrected chi connectivity index (χ1v) is 11.6. The number of carbonyl (C=O) groups excluding carboxylic acids is 1. The van der Waals surface area contributed by atoms with Gasteiger partial charge in [0.15, 0.2) is 11.5 Å². The lowest BCUT2D eigenvalue weighted by Gasteiger charge is -2.28. The zero-order valence-corrected chi connectivity index (χ0v) is 20.2. The van der Waals surface area contributed by atoms with Gasteiger partial charge in [-0.1, -0.05) is 36.4 Å². The second-order valence-electron chi connectivity index (χ2n) is 8.63. The summed E-state index contributed by atoms with van der Waals surface area (Å²) in [4.78, 5) is 19.3. The molecule has 0 spiro atoms. The number of alkyl halides is 3. The number of pyridine rings is 1. The fourth-order valence-corrected chi connectivity index (χ4v) is 4.63. The number of imidazole rings is 1. The highest BCUT2D eigenvalue weighted by atomic mass is 19.4. The summed E-state index contributed by atoms with van der Waals surface area (Å²) in [6, 6.07) is 16.6. The average molecular weight is 508 g/mol. The summed E-state index contributed by atoms with van der Waals surface area (Å²) in [6.45, 7) is 0.823. The molecule has 9 heteroatoms. The predicted octanol–water partition coefficient (Wildman–Crippen LogP) is 5.64. The van der Waals surface area contributed by atoms with Crippen LogP contribution in [0, 0.1) is 0 Å². The molecule has 1 aliphatic rings. The number of hydrogen-bond donors (Lipinski definition) is 0. The maximum Gasteiger partial charge on any atom is 0.431 e. The molecule has 1 amide bonds. The lowest BCUT2D eigenvalue weighted by molar-refractivity contribution is -0.142. The van der Waals surface area contributed by atoms with Crippen LogP contribution in [0.3, 0.4) is 0 Å². The van der Waals surface area contributed by atoms with Gasteiger partial charge in [-0.05, 0) is 47.9 Å². The van der Waals surface area contributed by atoms with E-state index in [1.807, 2.05) is 18.2 Å². The van der Waals surface area contributed by atoms with Crippen LogP contribution in [0.5, 0.6) is 11.5 Å². The molecular weight excluding hydrogens is 483 g/mol. The Hall–Kier alpha value is -4.27. The standard InChI is InChI=1S/C28H24F3N3O3/c1-36-22-15-19-13-14-33(17-20(19)16-23(22)37-2)26(35)12-11-21-27(18-7-4-3-5-8-18)32-25-10-6-9-24(34(21)25)28(29,30)31/h3-12,15-16H,13-14,17H2,1-2H3/b12-11+. The van der Waals surface area contributed by atoms with Crippen LogP contribution in [-0.4, -0.2) is 41.0 Å². The Kier molecular flexibility index (Phi) is 6.37. The van der Waals surface area contributed by atoms with Crippen molar-refractivity contribution in [3.8, 4) is 22.8 Å². The van der Waals surface area contributed by atoms with E-state index in [-0.39, 0.29) is 17.2 Å². The maximum absolute atomic E-state index is 13.9. The third kappa shape index (κ3) is 4.64. The van der Waals surface area contributed by atoms with Crippen LogP contribution in [0.2, 0.25) is 0 Å². The minimum Gasteiger partial charge on any atom is -0.493 e. The fraction of sp³-hybridized carbons (Fsp3) is 0.214. The molecule has 0 radical (unpaired) electrons. The van der Waals surface area contributed by atoms with E-state index in [1.54, 1.807) is 43.4 Å². The number of nitrogens with zero attached hydrogens (tertiary/aromatic N) is 3. The van der Waals surface area contributed by atoms with E-state index in [9.17, 15) is 18.0 Å². The largest absolute Gasteiger partial charge is 0.493 e. The van der Waals surface area contributed by atoms with Crippen molar-refractivity contribution in [1.29, 1.82) is 0 Å². The number of benzene rings is 2. The summed E-state index contributed by atoms with van der Waals surface area (Å²) in [5.74, 6) is 0.894. The number of ether oxygens (including phenoxy) is 2. The zero-order valence-electron chi connectivity index (χ0n) is 20.2. The highest BCUT2D eigenvalue weighted by Gasteiger charge is 2.34. The Morgan fingerprint density at radius 3 is 2.35 bits per heavy atom. The number of amides is 1. The highest BCUT2D eigenvalue weighted by molar-refractivity contribution is 5.93. The van der Waals surface area contributed by atoms with E-state index in [0.717, 1.165) is 21.6 Å². The Labute approximate surface area is 211 Å². The fourth-order valence-electron chi connectivity index (χ4n) is 4.63. The number of halogens is 3. The first kappa shape index (κ1) is 24.4. The summed E-state index contributed by atoms with van der Waals surface area (Å²) in [6.07, 6.45) is -1.24. The van der Waals surface area contributed by atoms with Gasteiger partial charge in [0.1, 0.15) is 11.3 Å². The number of fused-ring (bicyclic) bond motifs is 2. The number of carbonyl (C=O) groups is 1. The van der Waals surface area contributed by atoms with Crippen LogP contribution in [0.4, 0.5) is 13.2 Å². The molecule has 6 nitrogen and oxygen atoms in total. The first-order valence-electron chi connectivity index (χ1n) is 11.6. The molecule has 0 unspecified atom stereocenters. The smallest absolute Gasteiger partial charge is 0.431 e. The summed E-state index contributed by atoms with van der Waals surface area (Å²) in [7, 11) is 3.12. The van der Waals surface area contributed by atoms with Crippen molar-refractivity contribution in [2.75, 3.05) is 20.8 Å². The van der Waals surface area contributed by atoms with E-state index in [4.69, 9.17) is 9.47 Å². The number of methoxy groups -OCH3 is 2. The third-order valence-corrected chi connectivity index (χ3v) is 6.43.